The van der Waals surface area contributed by atoms with E-state index >= 15 is 0 Å². The highest BCUT2D eigenvalue weighted by atomic mass is 16.6. The maximum Gasteiger partial charge on any atom is 0.274 e. The molecule has 1 aromatic heterocycles. The van der Waals surface area contributed by atoms with E-state index in [0.29, 0.717) is 12.1 Å². The summed E-state index contributed by atoms with van der Waals surface area (Å²) in [7, 11) is 0. The molecule has 0 atom stereocenters. The molecule has 2 N–H and O–H groups in total. The van der Waals surface area contributed by atoms with Crippen LogP contribution in [-0.4, -0.2) is 9.91 Å². The first kappa shape index (κ1) is 16.1. The van der Waals surface area contributed by atoms with Crippen molar-refractivity contribution in [3.05, 3.63) is 81.4 Å². The number of para-hydroxylation sites is 2. The summed E-state index contributed by atoms with van der Waals surface area (Å²) in [6.45, 7) is 4.60. The van der Waals surface area contributed by atoms with E-state index in [4.69, 9.17) is 0 Å². The topological polar surface area (TPSA) is 71.0 Å². The van der Waals surface area contributed by atoms with E-state index in [9.17, 15) is 10.1 Å². The summed E-state index contributed by atoms with van der Waals surface area (Å²) in [5, 5.41) is 17.0. The molecule has 0 saturated heterocycles. The predicted molar refractivity (Wildman–Crippen MR) is 106 cm³/mol. The van der Waals surface area contributed by atoms with E-state index in [2.05, 4.69) is 42.3 Å². The van der Waals surface area contributed by atoms with Crippen molar-refractivity contribution in [3.8, 4) is 0 Å². The van der Waals surface area contributed by atoms with Gasteiger partial charge in [-0.3, -0.25) is 10.1 Å². The Morgan fingerprint density at radius 1 is 0.962 bits per heavy atom. The summed E-state index contributed by atoms with van der Waals surface area (Å²) in [5.41, 5.74) is 6.33. The second-order valence-corrected chi connectivity index (χ2v) is 6.54. The fraction of sp³-hybridized carbons (Fsp3) is 0.143. The Labute approximate surface area is 150 Å². The fourth-order valence-electron chi connectivity index (χ4n) is 3.52. The molecule has 5 nitrogen and oxygen atoms in total. The molecule has 4 rings (SSSR count). The van der Waals surface area contributed by atoms with Gasteiger partial charge in [0.2, 0.25) is 0 Å². The summed E-state index contributed by atoms with van der Waals surface area (Å²) in [6.07, 6.45) is 0. The predicted octanol–water partition coefficient (Wildman–Crippen LogP) is 5.46. The number of nitrogens with one attached hydrogen (secondary N) is 2. The van der Waals surface area contributed by atoms with Gasteiger partial charge in [-0.25, -0.2) is 0 Å². The van der Waals surface area contributed by atoms with Gasteiger partial charge in [-0.1, -0.05) is 42.5 Å². The monoisotopic (exact) mass is 345 g/mol. The van der Waals surface area contributed by atoms with Crippen molar-refractivity contribution in [2.24, 2.45) is 0 Å². The number of hydrogen-bond donors (Lipinski definition) is 2. The summed E-state index contributed by atoms with van der Waals surface area (Å²) in [4.78, 5) is 14.4. The molecule has 0 fully saturated rings. The van der Waals surface area contributed by atoms with Crippen LogP contribution in [0.25, 0.3) is 21.8 Å². The zero-order valence-electron chi connectivity index (χ0n) is 14.7. The minimum atomic E-state index is -0.340. The van der Waals surface area contributed by atoms with Crippen LogP contribution in [0.4, 0.5) is 11.4 Å². The fourth-order valence-corrected chi connectivity index (χ4v) is 3.52. The minimum absolute atomic E-state index is 0.135. The van der Waals surface area contributed by atoms with Gasteiger partial charge in [-0.15, -0.1) is 0 Å². The van der Waals surface area contributed by atoms with Crippen LogP contribution < -0.4 is 5.32 Å². The lowest BCUT2D eigenvalue weighted by atomic mass is 10.0. The minimum Gasteiger partial charge on any atom is -0.379 e. The number of nitrogens with zero attached hydrogens (tertiary/aromatic N) is 1. The first-order valence-corrected chi connectivity index (χ1v) is 8.53. The molecule has 130 valence electrons. The van der Waals surface area contributed by atoms with Crippen molar-refractivity contribution >= 4 is 33.2 Å². The number of aryl methyl sites for hydroxylation is 2. The van der Waals surface area contributed by atoms with Gasteiger partial charge in [0.05, 0.1) is 16.1 Å². The number of aromatic amines is 1. The van der Waals surface area contributed by atoms with Crippen LogP contribution in [0.3, 0.4) is 0 Å². The molecule has 0 saturated carbocycles. The maximum absolute atomic E-state index is 11.2. The third-order valence-corrected chi connectivity index (χ3v) is 4.86. The van der Waals surface area contributed by atoms with Gasteiger partial charge in [0, 0.05) is 34.5 Å². The van der Waals surface area contributed by atoms with Crippen LogP contribution in [0.5, 0.6) is 0 Å². The van der Waals surface area contributed by atoms with Gasteiger partial charge in [-0.2, -0.15) is 0 Å². The molecule has 4 aromatic rings. The highest BCUT2D eigenvalue weighted by Gasteiger charge is 2.14. The standard InChI is InChI=1S/C21H19N3O2/c1-13-10-11-14(2)20-19(13)16-7-5-8-17(21(16)23-20)22-12-15-6-3-4-9-18(15)24(25)26/h3-11,22-23H,12H2,1-2H3. The number of rotatable bonds is 4. The number of hydrogen-bond acceptors (Lipinski definition) is 3. The van der Waals surface area contributed by atoms with Crippen LogP contribution >= 0.6 is 0 Å². The van der Waals surface area contributed by atoms with Crippen molar-refractivity contribution in [1.29, 1.82) is 0 Å². The van der Waals surface area contributed by atoms with Crippen molar-refractivity contribution < 1.29 is 4.92 Å². The van der Waals surface area contributed by atoms with Gasteiger partial charge in [0.15, 0.2) is 0 Å². The smallest absolute Gasteiger partial charge is 0.274 e. The van der Waals surface area contributed by atoms with E-state index in [1.165, 1.54) is 22.6 Å². The number of nitro benzene ring substituents is 1. The Hall–Kier alpha value is -3.34. The van der Waals surface area contributed by atoms with Crippen LogP contribution in [0.15, 0.2) is 54.6 Å². The summed E-state index contributed by atoms with van der Waals surface area (Å²) in [6, 6.07) is 17.2. The van der Waals surface area contributed by atoms with Gasteiger partial charge < -0.3 is 10.3 Å². The average Bonchev–Trinajstić information content (AvgIpc) is 3.05. The van der Waals surface area contributed by atoms with Crippen molar-refractivity contribution in [2.75, 3.05) is 5.32 Å². The van der Waals surface area contributed by atoms with E-state index in [1.54, 1.807) is 12.1 Å². The van der Waals surface area contributed by atoms with Gasteiger partial charge in [0.25, 0.3) is 5.69 Å². The zero-order chi connectivity index (χ0) is 18.3. The Kier molecular flexibility index (Phi) is 3.84. The molecule has 0 bridgehead atoms. The lowest BCUT2D eigenvalue weighted by Gasteiger charge is -2.08. The number of anilines is 1. The van der Waals surface area contributed by atoms with Crippen molar-refractivity contribution in [1.82, 2.24) is 4.98 Å². The Morgan fingerprint density at radius 2 is 1.73 bits per heavy atom. The third kappa shape index (κ3) is 2.58. The molecule has 0 unspecified atom stereocenters. The van der Waals surface area contributed by atoms with Crippen LogP contribution in [0, 0.1) is 24.0 Å². The normalized spacial score (nSPS) is 11.2. The molecular weight excluding hydrogens is 326 g/mol. The van der Waals surface area contributed by atoms with E-state index in [0.717, 1.165) is 22.1 Å². The molecule has 0 amide bonds. The van der Waals surface area contributed by atoms with Gasteiger partial charge in [0.1, 0.15) is 0 Å². The number of fused-ring (bicyclic) bond motifs is 3. The molecule has 0 aliphatic carbocycles. The molecule has 5 heteroatoms. The molecule has 0 aliphatic heterocycles. The average molecular weight is 345 g/mol. The van der Waals surface area contributed by atoms with Crippen LogP contribution in [0.1, 0.15) is 16.7 Å². The van der Waals surface area contributed by atoms with Gasteiger partial charge in [-0.05, 0) is 31.0 Å². The summed E-state index contributed by atoms with van der Waals surface area (Å²) >= 11 is 0. The summed E-state index contributed by atoms with van der Waals surface area (Å²) in [5.74, 6) is 0. The Morgan fingerprint density at radius 3 is 2.54 bits per heavy atom. The molecule has 3 aromatic carbocycles. The molecule has 0 radical (unpaired) electrons. The van der Waals surface area contributed by atoms with E-state index < -0.39 is 0 Å². The second-order valence-electron chi connectivity index (χ2n) is 6.54. The lowest BCUT2D eigenvalue weighted by molar-refractivity contribution is -0.385. The van der Waals surface area contributed by atoms with Crippen molar-refractivity contribution in [3.63, 3.8) is 0 Å². The first-order chi connectivity index (χ1) is 12.6. The van der Waals surface area contributed by atoms with Crippen molar-refractivity contribution in [2.45, 2.75) is 20.4 Å². The Balaban J connectivity index is 1.78. The zero-order valence-corrected chi connectivity index (χ0v) is 14.7. The number of aromatic nitrogens is 1. The quantitative estimate of drug-likeness (QED) is 0.381. The third-order valence-electron chi connectivity index (χ3n) is 4.86. The van der Waals surface area contributed by atoms with E-state index in [1.807, 2.05) is 18.2 Å². The molecule has 1 heterocycles. The van der Waals surface area contributed by atoms with Gasteiger partial charge >= 0.3 is 0 Å². The van der Waals surface area contributed by atoms with Crippen LogP contribution in [-0.2, 0) is 6.54 Å². The number of nitro groups is 1. The molecular formula is C21H19N3O2. The summed E-state index contributed by atoms with van der Waals surface area (Å²) < 4.78 is 0. The molecule has 26 heavy (non-hydrogen) atoms. The lowest BCUT2D eigenvalue weighted by Crippen LogP contribution is -2.03. The van der Waals surface area contributed by atoms with E-state index in [-0.39, 0.29) is 10.6 Å². The highest BCUT2D eigenvalue weighted by molar-refractivity contribution is 6.13. The number of benzene rings is 3. The molecule has 0 spiro atoms. The molecule has 0 aliphatic rings. The SMILES string of the molecule is Cc1ccc(C)c2c1[nH]c1c(NCc3ccccc3[N+](=O)[O-])cccc12. The largest absolute Gasteiger partial charge is 0.379 e. The first-order valence-electron chi connectivity index (χ1n) is 8.53. The maximum atomic E-state index is 11.2. The Bertz CT molecular complexity index is 1140. The highest BCUT2D eigenvalue weighted by Crippen LogP contribution is 2.34. The van der Waals surface area contributed by atoms with Crippen LogP contribution in [0.2, 0.25) is 0 Å². The number of H-pyrrole nitrogens is 1. The second kappa shape index (κ2) is 6.19.